The van der Waals surface area contributed by atoms with Gasteiger partial charge in [-0.2, -0.15) is 0 Å². The fraction of sp³-hybridized carbons (Fsp3) is 0.688. The van der Waals surface area contributed by atoms with Gasteiger partial charge in [-0.25, -0.2) is 0 Å². The number of likely N-dealkylation sites (N-methyl/N-ethyl adjacent to an activating group) is 1. The summed E-state index contributed by atoms with van der Waals surface area (Å²) in [5.41, 5.74) is 0.338. The third kappa shape index (κ3) is 7.58. The summed E-state index contributed by atoms with van der Waals surface area (Å²) in [7, 11) is 3.76. The molecule has 6 N–H and O–H groups in total. The maximum atomic E-state index is 13.5. The quantitative estimate of drug-likeness (QED) is 0.301. The van der Waals surface area contributed by atoms with E-state index in [0.717, 1.165) is 16.5 Å². The van der Waals surface area contributed by atoms with Crippen molar-refractivity contribution in [2.24, 2.45) is 17.8 Å². The Labute approximate surface area is 254 Å². The van der Waals surface area contributed by atoms with Crippen LogP contribution in [0.5, 0.6) is 0 Å². The zero-order valence-electron chi connectivity index (χ0n) is 26.4. The van der Waals surface area contributed by atoms with Crippen LogP contribution < -0.4 is 10.6 Å². The number of H-pyrrole nitrogens is 1. The molecule has 11 atom stereocenters. The number of carbonyl (C=O) groups excluding carboxylic acids is 2. The highest BCUT2D eigenvalue weighted by atomic mass is 16.7. The van der Waals surface area contributed by atoms with Crippen molar-refractivity contribution in [2.75, 3.05) is 20.6 Å². The molecule has 0 saturated carbocycles. The number of aliphatic hydroxyl groups is 3. The first-order chi connectivity index (χ1) is 20.2. The fourth-order valence-corrected chi connectivity index (χ4v) is 6.75. The molecule has 11 heteroatoms. The standard InChI is InChI=1S/C32H50N4O7/c1-17-14-32(5,41)28(43-31-27(38)25(36(6)7)12-18(2)42-31)19(3)26(37)20(4)29(39)35-24(30(40)34-15-17)13-21-16-33-23-11-9-8-10-22(21)23/h8-11,16-20,24-28,31,33,37-38,41H,12-15H2,1-7H3,(H,34,40)(H,35,39)/t17-,18?,19?,20-,24+,25+,26+,27-,28-,31?,32-/m1/s1. The number of hydrogen-bond acceptors (Lipinski definition) is 8. The van der Waals surface area contributed by atoms with E-state index in [1.165, 1.54) is 0 Å². The van der Waals surface area contributed by atoms with Crippen molar-refractivity contribution in [1.82, 2.24) is 20.5 Å². The molecule has 2 aliphatic rings. The number of aromatic amines is 1. The van der Waals surface area contributed by atoms with Gasteiger partial charge in [-0.05, 0) is 58.3 Å². The average Bonchev–Trinajstić information content (AvgIpc) is 3.36. The van der Waals surface area contributed by atoms with E-state index >= 15 is 0 Å². The predicted octanol–water partition coefficient (Wildman–Crippen LogP) is 1.55. The monoisotopic (exact) mass is 602 g/mol. The maximum absolute atomic E-state index is 13.5. The van der Waals surface area contributed by atoms with Crippen LogP contribution in [-0.2, 0) is 25.5 Å². The Morgan fingerprint density at radius 3 is 2.47 bits per heavy atom. The van der Waals surface area contributed by atoms with Crippen LogP contribution in [0.15, 0.2) is 30.5 Å². The van der Waals surface area contributed by atoms with Gasteiger partial charge in [0.1, 0.15) is 12.1 Å². The lowest BCUT2D eigenvalue weighted by Gasteiger charge is -2.46. The molecular weight excluding hydrogens is 552 g/mol. The van der Waals surface area contributed by atoms with Gasteiger partial charge in [0.05, 0.1) is 29.8 Å². The second-order valence-corrected chi connectivity index (χ2v) is 13.3. The smallest absolute Gasteiger partial charge is 0.242 e. The number of ether oxygens (including phenoxy) is 2. The molecule has 2 aliphatic heterocycles. The van der Waals surface area contributed by atoms with E-state index in [-0.39, 0.29) is 43.4 Å². The molecule has 2 saturated heterocycles. The predicted molar refractivity (Wildman–Crippen MR) is 163 cm³/mol. The number of para-hydroxylation sites is 1. The van der Waals surface area contributed by atoms with E-state index in [1.54, 1.807) is 20.8 Å². The van der Waals surface area contributed by atoms with Gasteiger partial charge < -0.3 is 45.3 Å². The van der Waals surface area contributed by atoms with Gasteiger partial charge in [0, 0.05) is 42.0 Å². The number of carbonyl (C=O) groups is 2. The van der Waals surface area contributed by atoms with E-state index in [2.05, 4.69) is 15.6 Å². The summed E-state index contributed by atoms with van der Waals surface area (Å²) in [6.07, 6.45) is -1.51. The van der Waals surface area contributed by atoms with Gasteiger partial charge in [-0.3, -0.25) is 9.59 Å². The van der Waals surface area contributed by atoms with Gasteiger partial charge in [0.2, 0.25) is 11.8 Å². The van der Waals surface area contributed by atoms with E-state index in [9.17, 15) is 24.9 Å². The number of nitrogens with one attached hydrogen (secondary N) is 3. The van der Waals surface area contributed by atoms with Crippen LogP contribution in [0.1, 0.15) is 53.0 Å². The van der Waals surface area contributed by atoms with Crippen LogP contribution in [0, 0.1) is 17.8 Å². The Kier molecular flexibility index (Phi) is 10.6. The molecule has 3 unspecified atom stereocenters. The second kappa shape index (κ2) is 13.6. The van der Waals surface area contributed by atoms with Crippen LogP contribution in [0.25, 0.3) is 10.9 Å². The van der Waals surface area contributed by atoms with Gasteiger partial charge >= 0.3 is 0 Å². The van der Waals surface area contributed by atoms with Gasteiger partial charge in [-0.1, -0.05) is 39.0 Å². The summed E-state index contributed by atoms with van der Waals surface area (Å²) in [6, 6.07) is 6.68. The Bertz CT molecular complexity index is 1250. The zero-order chi connectivity index (χ0) is 31.6. The molecule has 2 fully saturated rings. The average molecular weight is 603 g/mol. The van der Waals surface area contributed by atoms with E-state index < -0.39 is 54.0 Å². The summed E-state index contributed by atoms with van der Waals surface area (Å²) < 4.78 is 12.4. The first-order valence-corrected chi connectivity index (χ1v) is 15.4. The van der Waals surface area contributed by atoms with Crippen LogP contribution in [0.4, 0.5) is 0 Å². The number of aliphatic hydroxyl groups excluding tert-OH is 2. The third-order valence-electron chi connectivity index (χ3n) is 9.23. The Balaban J connectivity index is 1.61. The Morgan fingerprint density at radius 1 is 1.07 bits per heavy atom. The molecule has 0 bridgehead atoms. The first-order valence-electron chi connectivity index (χ1n) is 15.4. The van der Waals surface area contributed by atoms with Crippen molar-refractivity contribution in [3.8, 4) is 0 Å². The van der Waals surface area contributed by atoms with Crippen molar-refractivity contribution >= 4 is 22.7 Å². The minimum absolute atomic E-state index is 0.178. The Morgan fingerprint density at radius 2 is 1.77 bits per heavy atom. The minimum atomic E-state index is -1.49. The Hall–Kier alpha value is -2.54. The number of amides is 2. The highest BCUT2D eigenvalue weighted by molar-refractivity contribution is 5.90. The molecule has 4 rings (SSSR count). The van der Waals surface area contributed by atoms with E-state index in [4.69, 9.17) is 9.47 Å². The number of benzene rings is 1. The second-order valence-electron chi connectivity index (χ2n) is 13.3. The lowest BCUT2D eigenvalue weighted by Crippen LogP contribution is -2.59. The van der Waals surface area contributed by atoms with Crippen LogP contribution in [0.2, 0.25) is 0 Å². The minimum Gasteiger partial charge on any atom is -0.392 e. The van der Waals surface area contributed by atoms with Crippen LogP contribution in [0.3, 0.4) is 0 Å². The van der Waals surface area contributed by atoms with Crippen molar-refractivity contribution < 1.29 is 34.4 Å². The van der Waals surface area contributed by atoms with Crippen LogP contribution >= 0.6 is 0 Å². The number of rotatable bonds is 5. The third-order valence-corrected chi connectivity index (χ3v) is 9.23. The van der Waals surface area contributed by atoms with Gasteiger partial charge in [0.15, 0.2) is 6.29 Å². The molecule has 2 amide bonds. The molecule has 11 nitrogen and oxygen atoms in total. The maximum Gasteiger partial charge on any atom is 0.242 e. The topological polar surface area (TPSA) is 156 Å². The normalized spacial score (nSPS) is 38.6. The highest BCUT2D eigenvalue weighted by Crippen LogP contribution is 2.35. The first kappa shape index (κ1) is 33.4. The van der Waals surface area contributed by atoms with Crippen molar-refractivity contribution in [3.63, 3.8) is 0 Å². The lowest BCUT2D eigenvalue weighted by molar-refractivity contribution is -0.299. The molecule has 0 radical (unpaired) electrons. The molecule has 1 aromatic carbocycles. The number of aromatic nitrogens is 1. The summed E-state index contributed by atoms with van der Waals surface area (Å²) in [6.45, 7) is 9.04. The highest BCUT2D eigenvalue weighted by Gasteiger charge is 2.47. The van der Waals surface area contributed by atoms with E-state index in [1.807, 2.05) is 63.3 Å². The fourth-order valence-electron chi connectivity index (χ4n) is 6.75. The SMILES string of the molecule is CC1C[C@H](N(C)C)[C@@H](O)C(O[C@@H]2C(C)[C@H](O)[C@@H](C)C(=O)N[C@@H](Cc3c[nH]c4ccccc34)C(=O)NC[C@H](C)C[C@@]2(C)O)O1. The van der Waals surface area contributed by atoms with Crippen molar-refractivity contribution in [2.45, 2.75) is 102 Å². The largest absolute Gasteiger partial charge is 0.392 e. The molecular formula is C32H50N4O7. The molecule has 240 valence electrons. The van der Waals surface area contributed by atoms with Crippen molar-refractivity contribution in [1.29, 1.82) is 0 Å². The van der Waals surface area contributed by atoms with Gasteiger partial charge in [-0.15, -0.1) is 0 Å². The van der Waals surface area contributed by atoms with E-state index in [0.29, 0.717) is 6.42 Å². The number of fused-ring (bicyclic) bond motifs is 1. The molecule has 3 heterocycles. The molecule has 0 spiro atoms. The lowest BCUT2D eigenvalue weighted by atomic mass is 9.78. The summed E-state index contributed by atoms with van der Waals surface area (Å²) in [5, 5.41) is 41.3. The molecule has 2 aromatic rings. The molecule has 1 aromatic heterocycles. The number of nitrogens with zero attached hydrogens (tertiary/aromatic N) is 1. The van der Waals surface area contributed by atoms with Crippen molar-refractivity contribution in [3.05, 3.63) is 36.0 Å². The summed E-state index contributed by atoms with van der Waals surface area (Å²) in [4.78, 5) is 32.1. The summed E-state index contributed by atoms with van der Waals surface area (Å²) in [5.74, 6) is -2.67. The summed E-state index contributed by atoms with van der Waals surface area (Å²) >= 11 is 0. The number of hydrogen-bond donors (Lipinski definition) is 6. The van der Waals surface area contributed by atoms with Crippen LogP contribution in [-0.4, -0.2) is 106 Å². The van der Waals surface area contributed by atoms with Gasteiger partial charge in [0.25, 0.3) is 0 Å². The zero-order valence-corrected chi connectivity index (χ0v) is 26.4. The molecule has 43 heavy (non-hydrogen) atoms. The molecule has 0 aliphatic carbocycles.